The average Bonchev–Trinajstić information content (AvgIpc) is 2.69. The normalized spacial score (nSPS) is 14.2. The number of rotatable bonds is 10. The fourth-order valence-electron chi connectivity index (χ4n) is 2.53. The molecule has 0 bridgehead atoms. The predicted molar refractivity (Wildman–Crippen MR) is 130 cm³/mol. The Labute approximate surface area is 196 Å². The summed E-state index contributed by atoms with van der Waals surface area (Å²) in [6, 6.07) is 16.5. The first-order valence-corrected chi connectivity index (χ1v) is 12.2. The Hall–Kier alpha value is -2.09. The standard InChI is InChI=1S/C24H26O4S3/c1-15(13-23(25)26)17(3)29-19-5-9-21(10-6-19)31-22-11-7-20(8-12-22)30-18(4)16(2)14-24(27)28/h5-14,17-18H,1-4H3,(H,25,26)(H,27,28)/b15-13+,16-14+. The fourth-order valence-corrected chi connectivity index (χ4v) is 5.25. The SMILES string of the molecule is C/C(=C\C(=O)O)C(C)Sc1ccc(Sc2ccc(SC(C)/C(C)=C/C(=O)O)cc2)cc1. The Balaban J connectivity index is 1.95. The van der Waals surface area contributed by atoms with E-state index in [2.05, 4.69) is 48.5 Å². The van der Waals surface area contributed by atoms with E-state index in [0.29, 0.717) is 0 Å². The second kappa shape index (κ2) is 12.1. The molecule has 0 aliphatic heterocycles. The number of aliphatic carboxylic acids is 2. The Kier molecular flexibility index (Phi) is 9.81. The van der Waals surface area contributed by atoms with Crippen LogP contribution in [0.1, 0.15) is 27.7 Å². The summed E-state index contributed by atoms with van der Waals surface area (Å²) >= 11 is 4.95. The summed E-state index contributed by atoms with van der Waals surface area (Å²) in [6.45, 7) is 7.67. The molecule has 164 valence electrons. The van der Waals surface area contributed by atoms with Crippen LogP contribution in [0.4, 0.5) is 0 Å². The minimum absolute atomic E-state index is 0.0935. The zero-order valence-electron chi connectivity index (χ0n) is 17.9. The fraction of sp³-hybridized carbons (Fsp3) is 0.250. The van der Waals surface area contributed by atoms with E-state index in [-0.39, 0.29) is 10.5 Å². The summed E-state index contributed by atoms with van der Waals surface area (Å²) in [5.41, 5.74) is 1.66. The molecule has 2 atom stereocenters. The molecule has 0 saturated heterocycles. The average molecular weight is 475 g/mol. The molecule has 7 heteroatoms. The molecule has 0 heterocycles. The number of hydrogen-bond acceptors (Lipinski definition) is 5. The maximum atomic E-state index is 10.8. The molecular weight excluding hydrogens is 448 g/mol. The Bertz CT molecular complexity index is 884. The van der Waals surface area contributed by atoms with E-state index in [0.717, 1.165) is 30.7 Å². The van der Waals surface area contributed by atoms with Crippen molar-refractivity contribution in [3.63, 3.8) is 0 Å². The summed E-state index contributed by atoms with van der Waals surface area (Å²) < 4.78 is 0. The third kappa shape index (κ3) is 8.89. The summed E-state index contributed by atoms with van der Waals surface area (Å²) in [5.74, 6) is -1.83. The highest BCUT2D eigenvalue weighted by Gasteiger charge is 2.10. The van der Waals surface area contributed by atoms with Crippen LogP contribution in [0.3, 0.4) is 0 Å². The van der Waals surface area contributed by atoms with Crippen LogP contribution < -0.4 is 0 Å². The molecule has 31 heavy (non-hydrogen) atoms. The molecule has 0 saturated carbocycles. The van der Waals surface area contributed by atoms with E-state index in [9.17, 15) is 9.59 Å². The topological polar surface area (TPSA) is 74.6 Å². The lowest BCUT2D eigenvalue weighted by Gasteiger charge is -2.12. The largest absolute Gasteiger partial charge is 0.478 e. The first kappa shape index (κ1) is 25.2. The van der Waals surface area contributed by atoms with Crippen molar-refractivity contribution >= 4 is 47.2 Å². The van der Waals surface area contributed by atoms with Crippen LogP contribution in [0, 0.1) is 0 Å². The van der Waals surface area contributed by atoms with Gasteiger partial charge in [-0.25, -0.2) is 9.59 Å². The molecule has 0 amide bonds. The quantitative estimate of drug-likeness (QED) is 0.288. The predicted octanol–water partition coefficient (Wildman–Crippen LogP) is 6.86. The third-order valence-corrected chi connectivity index (χ3v) is 8.05. The van der Waals surface area contributed by atoms with Crippen molar-refractivity contribution in [3.8, 4) is 0 Å². The lowest BCUT2D eigenvalue weighted by atomic mass is 10.2. The van der Waals surface area contributed by atoms with Crippen LogP contribution in [0.25, 0.3) is 0 Å². The van der Waals surface area contributed by atoms with Crippen molar-refractivity contribution < 1.29 is 19.8 Å². The number of benzene rings is 2. The molecule has 2 aromatic carbocycles. The number of carboxylic acids is 2. The van der Waals surface area contributed by atoms with Gasteiger partial charge in [0.15, 0.2) is 0 Å². The summed E-state index contributed by atoms with van der Waals surface area (Å²) in [4.78, 5) is 26.1. The molecule has 0 spiro atoms. The van der Waals surface area contributed by atoms with Gasteiger partial charge in [0.25, 0.3) is 0 Å². The molecule has 0 fully saturated rings. The third-order valence-electron chi connectivity index (χ3n) is 4.49. The van der Waals surface area contributed by atoms with Crippen molar-refractivity contribution in [2.45, 2.75) is 57.8 Å². The molecule has 0 aliphatic rings. The molecule has 0 aromatic heterocycles. The molecule has 2 unspecified atom stereocenters. The summed E-state index contributed by atoms with van der Waals surface area (Å²) in [7, 11) is 0. The van der Waals surface area contributed by atoms with Gasteiger partial charge in [0.2, 0.25) is 0 Å². The van der Waals surface area contributed by atoms with Gasteiger partial charge in [-0.05, 0) is 76.2 Å². The van der Waals surface area contributed by atoms with Gasteiger partial charge in [-0.3, -0.25) is 0 Å². The molecule has 4 nitrogen and oxygen atoms in total. The molecule has 2 rings (SSSR count). The van der Waals surface area contributed by atoms with E-state index in [1.807, 2.05) is 27.7 Å². The van der Waals surface area contributed by atoms with Gasteiger partial charge in [-0.15, -0.1) is 23.5 Å². The number of carboxylic acid groups (broad SMARTS) is 2. The highest BCUT2D eigenvalue weighted by molar-refractivity contribution is 8.00. The summed E-state index contributed by atoms with van der Waals surface area (Å²) in [6.07, 6.45) is 2.52. The number of thioether (sulfide) groups is 2. The van der Waals surface area contributed by atoms with Gasteiger partial charge in [0.05, 0.1) is 0 Å². The molecule has 2 aromatic rings. The zero-order chi connectivity index (χ0) is 23.0. The van der Waals surface area contributed by atoms with Crippen molar-refractivity contribution in [2.75, 3.05) is 0 Å². The van der Waals surface area contributed by atoms with Gasteiger partial charge >= 0.3 is 11.9 Å². The molecule has 0 aliphatic carbocycles. The van der Waals surface area contributed by atoms with Crippen LogP contribution in [0.2, 0.25) is 0 Å². The monoisotopic (exact) mass is 474 g/mol. The lowest BCUT2D eigenvalue weighted by molar-refractivity contribution is -0.132. The van der Waals surface area contributed by atoms with Crippen molar-refractivity contribution in [3.05, 3.63) is 71.8 Å². The molecule has 0 radical (unpaired) electrons. The lowest BCUT2D eigenvalue weighted by Crippen LogP contribution is -2.01. The summed E-state index contributed by atoms with van der Waals surface area (Å²) in [5, 5.41) is 17.9. The maximum Gasteiger partial charge on any atom is 0.328 e. The Morgan fingerprint density at radius 1 is 0.677 bits per heavy atom. The van der Waals surface area contributed by atoms with Crippen LogP contribution in [0.15, 0.2) is 91.4 Å². The van der Waals surface area contributed by atoms with E-state index < -0.39 is 11.9 Å². The second-order valence-electron chi connectivity index (χ2n) is 7.02. The van der Waals surface area contributed by atoms with E-state index in [4.69, 9.17) is 10.2 Å². The Morgan fingerprint density at radius 2 is 0.968 bits per heavy atom. The highest BCUT2D eigenvalue weighted by Crippen LogP contribution is 2.34. The highest BCUT2D eigenvalue weighted by atomic mass is 32.2. The zero-order valence-corrected chi connectivity index (χ0v) is 20.3. The van der Waals surface area contributed by atoms with E-state index >= 15 is 0 Å². The van der Waals surface area contributed by atoms with Crippen LogP contribution in [0.5, 0.6) is 0 Å². The van der Waals surface area contributed by atoms with E-state index in [1.54, 1.807) is 35.3 Å². The second-order valence-corrected chi connectivity index (χ2v) is 11.0. The van der Waals surface area contributed by atoms with Crippen molar-refractivity contribution in [2.24, 2.45) is 0 Å². The number of hydrogen-bond donors (Lipinski definition) is 2. The molecule has 2 N–H and O–H groups in total. The minimum atomic E-state index is -0.914. The van der Waals surface area contributed by atoms with Gasteiger partial charge in [0.1, 0.15) is 0 Å². The van der Waals surface area contributed by atoms with Crippen molar-refractivity contribution in [1.29, 1.82) is 0 Å². The van der Waals surface area contributed by atoms with Crippen molar-refractivity contribution in [1.82, 2.24) is 0 Å². The van der Waals surface area contributed by atoms with Crippen LogP contribution in [-0.4, -0.2) is 32.7 Å². The Morgan fingerprint density at radius 3 is 1.26 bits per heavy atom. The number of carbonyl (C=O) groups is 2. The van der Waals surface area contributed by atoms with Gasteiger partial charge in [-0.2, -0.15) is 0 Å². The van der Waals surface area contributed by atoms with Gasteiger partial charge in [-0.1, -0.05) is 22.9 Å². The molecular formula is C24H26O4S3. The minimum Gasteiger partial charge on any atom is -0.478 e. The maximum absolute atomic E-state index is 10.8. The first-order valence-electron chi connectivity index (χ1n) is 9.67. The smallest absolute Gasteiger partial charge is 0.328 e. The van der Waals surface area contributed by atoms with Gasteiger partial charge in [0, 0.05) is 42.2 Å². The van der Waals surface area contributed by atoms with Crippen LogP contribution >= 0.6 is 35.3 Å². The van der Waals surface area contributed by atoms with Gasteiger partial charge < -0.3 is 10.2 Å². The van der Waals surface area contributed by atoms with Crippen LogP contribution in [-0.2, 0) is 9.59 Å². The first-order chi connectivity index (χ1) is 14.6. The van der Waals surface area contributed by atoms with E-state index in [1.165, 1.54) is 12.2 Å².